The van der Waals surface area contributed by atoms with E-state index in [1.807, 2.05) is 28.5 Å². The highest BCUT2D eigenvalue weighted by atomic mass is 33.1. The number of carbonyl (C=O) groups excluding carboxylic acids is 3. The van der Waals surface area contributed by atoms with E-state index >= 15 is 0 Å². The van der Waals surface area contributed by atoms with Gasteiger partial charge in [0.05, 0.1) is 18.6 Å². The maximum absolute atomic E-state index is 13.9. The van der Waals surface area contributed by atoms with Crippen LogP contribution in [0.25, 0.3) is 0 Å². The highest BCUT2D eigenvalue weighted by Gasteiger charge is 2.68. The molecule has 0 aromatic heterocycles. The van der Waals surface area contributed by atoms with Crippen LogP contribution >= 0.6 is 21.6 Å². The molecule has 11 nitrogen and oxygen atoms in total. The molecule has 5 aliphatic heterocycles. The first kappa shape index (κ1) is 39.6. The predicted octanol–water partition coefficient (Wildman–Crippen LogP) is 3.33. The lowest BCUT2D eigenvalue weighted by atomic mass is 9.56. The Labute approximate surface area is 322 Å². The maximum atomic E-state index is 13.9. The van der Waals surface area contributed by atoms with Gasteiger partial charge in [-0.15, -0.1) is 0 Å². The lowest BCUT2D eigenvalue weighted by molar-refractivity contribution is -0.706. The number of rotatable bonds is 8. The SMILES string of the molecule is CC=C(C)C(=O)OC1(C)CC=C2CSSCC3CCN3C(=O)CC3C[NH2+]C(N)CC3C2C12CC1CC3CC(CC(CO)CCCO)C(=O)OC3CC1O2. The number of esters is 2. The van der Waals surface area contributed by atoms with Crippen molar-refractivity contribution in [1.82, 2.24) is 4.90 Å². The summed E-state index contributed by atoms with van der Waals surface area (Å²) in [6, 6.07) is 0.307. The van der Waals surface area contributed by atoms with E-state index in [1.54, 1.807) is 13.0 Å². The molecule has 13 atom stereocenters. The molecular weight excluding hydrogens is 715 g/mol. The van der Waals surface area contributed by atoms with Gasteiger partial charge in [-0.2, -0.15) is 0 Å². The van der Waals surface area contributed by atoms with Gasteiger partial charge in [0.25, 0.3) is 0 Å². The Bertz CT molecular complexity index is 1450. The van der Waals surface area contributed by atoms with Gasteiger partial charge in [-0.3, -0.25) is 15.3 Å². The molecule has 5 heterocycles. The van der Waals surface area contributed by atoms with Crippen LogP contribution in [0.15, 0.2) is 23.3 Å². The van der Waals surface area contributed by atoms with Crippen molar-refractivity contribution in [3.8, 4) is 0 Å². The van der Waals surface area contributed by atoms with Crippen LogP contribution in [0.5, 0.6) is 0 Å². The Morgan fingerprint density at radius 1 is 1.17 bits per heavy atom. The second kappa shape index (κ2) is 16.5. The lowest BCUT2D eigenvalue weighted by Crippen LogP contribution is -2.96. The van der Waals surface area contributed by atoms with Crippen molar-refractivity contribution in [2.75, 3.05) is 37.8 Å². The summed E-state index contributed by atoms with van der Waals surface area (Å²) >= 11 is 0. The first-order valence-electron chi connectivity index (χ1n) is 20.3. The molecule has 1 saturated carbocycles. The number of aliphatic hydroxyl groups is 2. The minimum absolute atomic E-state index is 0.00918. The van der Waals surface area contributed by atoms with Crippen LogP contribution in [-0.2, 0) is 28.6 Å². The number of allylic oxidation sites excluding steroid dienone is 1. The van der Waals surface area contributed by atoms with Crippen molar-refractivity contribution in [2.45, 2.75) is 127 Å². The molecule has 296 valence electrons. The van der Waals surface area contributed by atoms with Crippen molar-refractivity contribution < 1.29 is 44.1 Å². The van der Waals surface area contributed by atoms with Gasteiger partial charge in [0.1, 0.15) is 23.5 Å². The Morgan fingerprint density at radius 2 is 2.00 bits per heavy atom. The van der Waals surface area contributed by atoms with Crippen molar-refractivity contribution in [3.05, 3.63) is 23.3 Å². The number of hydrogen-bond acceptors (Lipinski definition) is 11. The van der Waals surface area contributed by atoms with E-state index in [2.05, 4.69) is 23.2 Å². The number of nitrogens with two attached hydrogens (primary N) is 2. The fourth-order valence-electron chi connectivity index (χ4n) is 11.1. The zero-order valence-electron chi connectivity index (χ0n) is 31.8. The molecule has 6 fully saturated rings. The molecule has 0 radical (unpaired) electrons. The average Bonchev–Trinajstić information content (AvgIpc) is 3.49. The standard InChI is InChI=1S/C40H61N3O8S2/c1-4-23(2)37(47)51-39(3)9-7-25-21-52-53-22-30-8-10-43(30)35(46)15-29-19-42-34(41)16-31(29)36(25)40(39)18-28-14-26-13-27(12-24(20-45)6-5-11-44)38(48)49-32(26)17-33(28)50-40/h4,7,24,26-34,36,42,44-45H,5-6,8-22,41H2,1-3H3/p+1. The van der Waals surface area contributed by atoms with Gasteiger partial charge < -0.3 is 34.6 Å². The molecule has 6 N–H and O–H groups in total. The number of ether oxygens (including phenoxy) is 3. The number of carbonyl (C=O) groups is 3. The zero-order valence-corrected chi connectivity index (χ0v) is 33.4. The number of fused-ring (bicyclic) bond motifs is 7. The molecule has 5 saturated heterocycles. The minimum Gasteiger partial charge on any atom is -0.462 e. The lowest BCUT2D eigenvalue weighted by Gasteiger charge is -2.56. The van der Waals surface area contributed by atoms with E-state index in [4.69, 9.17) is 19.9 Å². The normalized spacial score (nSPS) is 42.3. The molecule has 2 aliphatic carbocycles. The molecule has 1 amide bonds. The molecule has 7 aliphatic rings. The number of nitrogens with zero attached hydrogens (tertiary/aromatic N) is 1. The topological polar surface area (TPSA) is 165 Å². The van der Waals surface area contributed by atoms with Gasteiger partial charge in [-0.1, -0.05) is 39.3 Å². The van der Waals surface area contributed by atoms with Gasteiger partial charge in [0.2, 0.25) is 5.91 Å². The van der Waals surface area contributed by atoms with Gasteiger partial charge in [-0.05, 0) is 89.4 Å². The van der Waals surface area contributed by atoms with Crippen molar-refractivity contribution in [3.63, 3.8) is 0 Å². The second-order valence-corrected chi connectivity index (χ2v) is 19.9. The number of amides is 1. The van der Waals surface area contributed by atoms with Crippen LogP contribution < -0.4 is 11.1 Å². The first-order valence-corrected chi connectivity index (χ1v) is 22.8. The Balaban J connectivity index is 1.23. The Kier molecular flexibility index (Phi) is 12.3. The van der Waals surface area contributed by atoms with Gasteiger partial charge in [0.15, 0.2) is 0 Å². The van der Waals surface area contributed by atoms with Crippen LogP contribution in [-0.4, -0.2) is 106 Å². The van der Waals surface area contributed by atoms with Crippen LogP contribution in [0.2, 0.25) is 0 Å². The molecule has 0 bridgehead atoms. The molecule has 0 aromatic rings. The summed E-state index contributed by atoms with van der Waals surface area (Å²) in [5.41, 5.74) is 6.83. The van der Waals surface area contributed by atoms with Crippen LogP contribution in [0, 0.1) is 41.4 Å². The summed E-state index contributed by atoms with van der Waals surface area (Å²) in [7, 11) is 3.71. The van der Waals surface area contributed by atoms with Crippen molar-refractivity contribution in [2.24, 2.45) is 47.2 Å². The Hall–Kier alpha value is -1.61. The quantitative estimate of drug-likeness (QED) is 0.124. The van der Waals surface area contributed by atoms with Gasteiger partial charge in [0, 0.05) is 80.4 Å². The van der Waals surface area contributed by atoms with E-state index in [0.29, 0.717) is 50.1 Å². The fraction of sp³-hybridized carbons (Fsp3) is 0.825. The van der Waals surface area contributed by atoms with Crippen LogP contribution in [0.4, 0.5) is 0 Å². The van der Waals surface area contributed by atoms with E-state index in [1.165, 1.54) is 5.57 Å². The third kappa shape index (κ3) is 7.75. The van der Waals surface area contributed by atoms with Crippen LogP contribution in [0.3, 0.4) is 0 Å². The van der Waals surface area contributed by atoms with Gasteiger partial charge >= 0.3 is 11.9 Å². The van der Waals surface area contributed by atoms with Crippen LogP contribution in [0.1, 0.15) is 91.4 Å². The highest BCUT2D eigenvalue weighted by molar-refractivity contribution is 8.76. The summed E-state index contributed by atoms with van der Waals surface area (Å²) < 4.78 is 20.5. The highest BCUT2D eigenvalue weighted by Crippen LogP contribution is 2.62. The fourth-order valence-corrected chi connectivity index (χ4v) is 13.7. The minimum atomic E-state index is -0.970. The van der Waals surface area contributed by atoms with Crippen molar-refractivity contribution >= 4 is 39.4 Å². The molecule has 13 heteroatoms. The molecule has 0 aromatic carbocycles. The Morgan fingerprint density at radius 3 is 2.74 bits per heavy atom. The maximum Gasteiger partial charge on any atom is 0.334 e. The van der Waals surface area contributed by atoms with Crippen molar-refractivity contribution in [1.29, 1.82) is 0 Å². The largest absolute Gasteiger partial charge is 0.462 e. The summed E-state index contributed by atoms with van der Waals surface area (Å²) in [5.74, 6) is 1.58. The predicted molar refractivity (Wildman–Crippen MR) is 204 cm³/mol. The van der Waals surface area contributed by atoms with E-state index < -0.39 is 11.2 Å². The number of hydrogen-bond donors (Lipinski definition) is 4. The van der Waals surface area contributed by atoms with E-state index in [-0.39, 0.29) is 90.9 Å². The molecular formula is C40H62N3O8S2+. The summed E-state index contributed by atoms with van der Waals surface area (Å²) in [4.78, 5) is 43.1. The monoisotopic (exact) mass is 776 g/mol. The molecule has 1 spiro atoms. The molecule has 53 heavy (non-hydrogen) atoms. The summed E-state index contributed by atoms with van der Waals surface area (Å²) in [6.07, 6.45) is 11.2. The summed E-state index contributed by atoms with van der Waals surface area (Å²) in [6.45, 7) is 7.38. The first-order chi connectivity index (χ1) is 25.5. The zero-order chi connectivity index (χ0) is 37.5. The second-order valence-electron chi connectivity index (χ2n) is 17.4. The molecule has 13 unspecified atom stereocenters. The summed E-state index contributed by atoms with van der Waals surface area (Å²) in [5, 5.41) is 21.6. The number of piperidine rings is 1. The molecule has 7 rings (SSSR count). The third-order valence-electron chi connectivity index (χ3n) is 14.3. The third-order valence-corrected chi connectivity index (χ3v) is 16.7. The van der Waals surface area contributed by atoms with E-state index in [0.717, 1.165) is 56.7 Å². The van der Waals surface area contributed by atoms with Gasteiger partial charge in [-0.25, -0.2) is 4.79 Å². The average molecular weight is 777 g/mol. The smallest absolute Gasteiger partial charge is 0.334 e. The van der Waals surface area contributed by atoms with E-state index in [9.17, 15) is 24.6 Å². The number of aliphatic hydroxyl groups excluding tert-OH is 2. The number of quaternary nitrogens is 1.